The van der Waals surface area contributed by atoms with Crippen molar-refractivity contribution in [3.8, 4) is 5.75 Å². The van der Waals surface area contributed by atoms with Gasteiger partial charge in [0.2, 0.25) is 0 Å². The highest BCUT2D eigenvalue weighted by Gasteiger charge is 2.36. The van der Waals surface area contributed by atoms with Crippen molar-refractivity contribution in [1.29, 1.82) is 0 Å². The Bertz CT molecular complexity index is 946. The summed E-state index contributed by atoms with van der Waals surface area (Å²) in [4.78, 5) is 27.3. The third kappa shape index (κ3) is 4.22. The quantitative estimate of drug-likeness (QED) is 0.675. The largest absolute Gasteiger partial charge is 0.497 e. The number of hydrogen-bond donors (Lipinski definition) is 0. The summed E-state index contributed by atoms with van der Waals surface area (Å²) in [6.07, 6.45) is 3.47. The maximum absolute atomic E-state index is 12.7. The van der Waals surface area contributed by atoms with Crippen LogP contribution in [0.15, 0.2) is 78.1 Å². The smallest absolute Gasteiger partial charge is 0.336 e. The molecule has 0 radical (unpaired) electrons. The molecule has 0 aromatic heterocycles. The van der Waals surface area contributed by atoms with Gasteiger partial charge in [0.25, 0.3) is 0 Å². The van der Waals surface area contributed by atoms with Crippen molar-refractivity contribution in [3.05, 3.63) is 89.3 Å². The van der Waals surface area contributed by atoms with Gasteiger partial charge in [-0.1, -0.05) is 42.5 Å². The van der Waals surface area contributed by atoms with Gasteiger partial charge < -0.3 is 19.1 Å². The van der Waals surface area contributed by atoms with Crippen LogP contribution < -0.4 is 4.74 Å². The minimum Gasteiger partial charge on any atom is -0.497 e. The summed E-state index contributed by atoms with van der Waals surface area (Å²) < 4.78 is 15.4. The second kappa shape index (κ2) is 9.31. The molecule has 30 heavy (non-hydrogen) atoms. The van der Waals surface area contributed by atoms with Crippen LogP contribution in [0.5, 0.6) is 5.75 Å². The van der Waals surface area contributed by atoms with Crippen molar-refractivity contribution < 1.29 is 23.8 Å². The molecule has 0 bridgehead atoms. The average Bonchev–Trinajstić information content (AvgIpc) is 2.82. The Hall–Kier alpha value is -3.54. The summed E-state index contributed by atoms with van der Waals surface area (Å²) in [6.45, 7) is 2.00. The van der Waals surface area contributed by atoms with Crippen molar-refractivity contribution in [2.24, 2.45) is 0 Å². The van der Waals surface area contributed by atoms with E-state index in [1.807, 2.05) is 54.3 Å². The summed E-state index contributed by atoms with van der Waals surface area (Å²) in [6, 6.07) is 17.0. The zero-order chi connectivity index (χ0) is 21.7. The van der Waals surface area contributed by atoms with Crippen LogP contribution >= 0.6 is 0 Å². The first-order chi connectivity index (χ1) is 14.5. The Morgan fingerprint density at radius 3 is 2.00 bits per heavy atom. The van der Waals surface area contributed by atoms with Crippen LogP contribution in [-0.2, 0) is 19.1 Å². The van der Waals surface area contributed by atoms with E-state index < -0.39 is 17.9 Å². The van der Waals surface area contributed by atoms with E-state index in [1.165, 1.54) is 14.2 Å². The van der Waals surface area contributed by atoms with Gasteiger partial charge in [-0.05, 0) is 30.2 Å². The van der Waals surface area contributed by atoms with Gasteiger partial charge in [-0.25, -0.2) is 9.59 Å². The van der Waals surface area contributed by atoms with Gasteiger partial charge in [0.05, 0.1) is 44.4 Å². The van der Waals surface area contributed by atoms with Crippen LogP contribution in [0.2, 0.25) is 0 Å². The molecule has 0 fully saturated rings. The Morgan fingerprint density at radius 2 is 1.47 bits per heavy atom. The molecule has 1 unspecified atom stereocenters. The molecule has 0 aliphatic carbocycles. The second-order valence-corrected chi connectivity index (χ2v) is 6.90. The SMILES string of the molecule is COC(=O)C1=CN(C(C)c2ccccc2)C=C(C(=O)OC)C1c1cccc(OC)c1. The van der Waals surface area contributed by atoms with Crippen molar-refractivity contribution in [2.45, 2.75) is 18.9 Å². The zero-order valence-electron chi connectivity index (χ0n) is 17.5. The van der Waals surface area contributed by atoms with E-state index in [4.69, 9.17) is 14.2 Å². The standard InChI is InChI=1S/C24H25NO5/c1-16(17-9-6-5-7-10-17)25-14-20(23(26)29-3)22(21(15-25)24(27)30-4)18-11-8-12-19(13-18)28-2/h5-16,22H,1-4H3. The molecule has 6 nitrogen and oxygen atoms in total. The molecule has 1 heterocycles. The zero-order valence-corrected chi connectivity index (χ0v) is 17.5. The van der Waals surface area contributed by atoms with Crippen LogP contribution in [0, 0.1) is 0 Å². The van der Waals surface area contributed by atoms with Gasteiger partial charge in [-0.2, -0.15) is 0 Å². The summed E-state index contributed by atoms with van der Waals surface area (Å²) in [5.74, 6) is -1.04. The molecule has 1 aliphatic heterocycles. The van der Waals surface area contributed by atoms with Gasteiger partial charge in [0.1, 0.15) is 5.75 Å². The third-order valence-electron chi connectivity index (χ3n) is 5.20. The normalized spacial score (nSPS) is 15.0. The third-order valence-corrected chi connectivity index (χ3v) is 5.20. The second-order valence-electron chi connectivity index (χ2n) is 6.90. The first-order valence-corrected chi connectivity index (χ1v) is 9.56. The number of esters is 2. The summed E-state index contributed by atoms with van der Waals surface area (Å²) >= 11 is 0. The highest BCUT2D eigenvalue weighted by Crippen LogP contribution is 2.40. The van der Waals surface area contributed by atoms with Crippen LogP contribution in [0.4, 0.5) is 0 Å². The lowest BCUT2D eigenvalue weighted by molar-refractivity contribution is -0.137. The number of hydrogen-bond acceptors (Lipinski definition) is 6. The van der Waals surface area contributed by atoms with Crippen LogP contribution in [0.3, 0.4) is 0 Å². The molecule has 0 saturated carbocycles. The monoisotopic (exact) mass is 407 g/mol. The first kappa shape index (κ1) is 21.2. The number of methoxy groups -OCH3 is 3. The van der Waals surface area contributed by atoms with Gasteiger partial charge in [0.15, 0.2) is 0 Å². The van der Waals surface area contributed by atoms with Crippen molar-refractivity contribution in [3.63, 3.8) is 0 Å². The number of carbonyl (C=O) groups is 2. The molecule has 3 rings (SSSR count). The molecular formula is C24H25NO5. The van der Waals surface area contributed by atoms with Crippen molar-refractivity contribution in [1.82, 2.24) is 4.90 Å². The molecular weight excluding hydrogens is 382 g/mol. The van der Waals surface area contributed by atoms with E-state index in [-0.39, 0.29) is 6.04 Å². The fourth-order valence-electron chi connectivity index (χ4n) is 3.56. The fraction of sp³-hybridized carbons (Fsp3) is 0.250. The van der Waals surface area contributed by atoms with Crippen molar-refractivity contribution in [2.75, 3.05) is 21.3 Å². The lowest BCUT2D eigenvalue weighted by Crippen LogP contribution is -2.30. The van der Waals surface area contributed by atoms with E-state index >= 15 is 0 Å². The average molecular weight is 407 g/mol. The van der Waals surface area contributed by atoms with Gasteiger partial charge in [-0.15, -0.1) is 0 Å². The Balaban J connectivity index is 2.14. The van der Waals surface area contributed by atoms with E-state index in [1.54, 1.807) is 31.6 Å². The number of carbonyl (C=O) groups excluding carboxylic acids is 2. The highest BCUT2D eigenvalue weighted by atomic mass is 16.5. The van der Waals surface area contributed by atoms with Crippen LogP contribution in [-0.4, -0.2) is 38.2 Å². The molecule has 156 valence electrons. The Morgan fingerprint density at radius 1 is 0.867 bits per heavy atom. The minimum absolute atomic E-state index is 0.114. The number of benzene rings is 2. The molecule has 0 saturated heterocycles. The van der Waals surface area contributed by atoms with Crippen LogP contribution in [0.1, 0.15) is 30.0 Å². The molecule has 2 aromatic rings. The van der Waals surface area contributed by atoms with Gasteiger partial charge >= 0.3 is 11.9 Å². The lowest BCUT2D eigenvalue weighted by Gasteiger charge is -2.33. The van der Waals surface area contributed by atoms with Crippen LogP contribution in [0.25, 0.3) is 0 Å². The molecule has 1 aliphatic rings. The maximum Gasteiger partial charge on any atom is 0.336 e. The molecule has 6 heteroatoms. The predicted molar refractivity (Wildman–Crippen MR) is 113 cm³/mol. The highest BCUT2D eigenvalue weighted by molar-refractivity contribution is 5.98. The molecule has 0 N–H and O–H groups in total. The lowest BCUT2D eigenvalue weighted by atomic mass is 9.83. The molecule has 0 amide bonds. The summed E-state index contributed by atoms with van der Waals surface area (Å²) in [5.41, 5.74) is 2.46. The van der Waals surface area contributed by atoms with Crippen molar-refractivity contribution >= 4 is 11.9 Å². The molecule has 2 aromatic carbocycles. The number of rotatable bonds is 6. The Kier molecular flexibility index (Phi) is 6.57. The number of ether oxygens (including phenoxy) is 3. The maximum atomic E-state index is 12.7. The van der Waals surface area contributed by atoms with Gasteiger partial charge in [-0.3, -0.25) is 0 Å². The first-order valence-electron chi connectivity index (χ1n) is 9.56. The number of nitrogens with zero attached hydrogens (tertiary/aromatic N) is 1. The van der Waals surface area contributed by atoms with E-state index in [0.29, 0.717) is 16.9 Å². The Labute approximate surface area is 176 Å². The minimum atomic E-state index is -0.640. The molecule has 1 atom stereocenters. The predicted octanol–water partition coefficient (Wildman–Crippen LogP) is 3.97. The topological polar surface area (TPSA) is 65.1 Å². The van der Waals surface area contributed by atoms with Gasteiger partial charge in [0, 0.05) is 12.4 Å². The van der Waals surface area contributed by atoms with E-state index in [2.05, 4.69) is 0 Å². The molecule has 0 spiro atoms. The summed E-state index contributed by atoms with van der Waals surface area (Å²) in [5, 5.41) is 0. The summed E-state index contributed by atoms with van der Waals surface area (Å²) in [7, 11) is 4.22. The van der Waals surface area contributed by atoms with E-state index in [0.717, 1.165) is 11.1 Å². The van der Waals surface area contributed by atoms with E-state index in [9.17, 15) is 9.59 Å². The fourth-order valence-corrected chi connectivity index (χ4v) is 3.56.